The van der Waals surface area contributed by atoms with Gasteiger partial charge in [-0.05, 0) is 37.8 Å². The Morgan fingerprint density at radius 1 is 1.42 bits per heavy atom. The molecule has 104 valence electrons. The summed E-state index contributed by atoms with van der Waals surface area (Å²) in [4.78, 5) is 14.1. The van der Waals surface area contributed by atoms with E-state index in [0.29, 0.717) is 17.2 Å². The summed E-state index contributed by atoms with van der Waals surface area (Å²) < 4.78 is 5.29. The lowest BCUT2D eigenvalue weighted by molar-refractivity contribution is 0.101. The maximum Gasteiger partial charge on any atom is 0.165 e. The van der Waals surface area contributed by atoms with Gasteiger partial charge in [-0.2, -0.15) is 0 Å². The van der Waals surface area contributed by atoms with Gasteiger partial charge in [0.05, 0.1) is 18.4 Å². The maximum atomic E-state index is 11.9. The zero-order valence-electron chi connectivity index (χ0n) is 11.6. The minimum atomic E-state index is 0.0248. The Balaban J connectivity index is 2.27. The van der Waals surface area contributed by atoms with Crippen LogP contribution in [-0.2, 0) is 0 Å². The Morgan fingerprint density at radius 2 is 2.11 bits per heavy atom. The molecule has 1 fully saturated rings. The number of piperidine rings is 1. The van der Waals surface area contributed by atoms with Crippen molar-refractivity contribution < 1.29 is 14.6 Å². The maximum absolute atomic E-state index is 11.9. The first-order chi connectivity index (χ1) is 9.17. The third-order valence-corrected chi connectivity index (χ3v) is 3.79. The molecule has 2 rings (SSSR count). The van der Waals surface area contributed by atoms with Crippen molar-refractivity contribution in [2.45, 2.75) is 19.8 Å². The van der Waals surface area contributed by atoms with Crippen molar-refractivity contribution in [3.05, 3.63) is 23.8 Å². The molecule has 0 aliphatic carbocycles. The predicted octanol–water partition coefficient (Wildman–Crippen LogP) is 2.11. The SMILES string of the molecule is COc1cccc(N2CCC(CO)CC2)c1C(C)=O. The van der Waals surface area contributed by atoms with Crippen molar-refractivity contribution in [1.82, 2.24) is 0 Å². The Hall–Kier alpha value is -1.55. The van der Waals surface area contributed by atoms with Crippen LogP contribution >= 0.6 is 0 Å². The summed E-state index contributed by atoms with van der Waals surface area (Å²) in [6.07, 6.45) is 1.93. The highest BCUT2D eigenvalue weighted by Crippen LogP contribution is 2.32. The van der Waals surface area contributed by atoms with Crippen LogP contribution in [-0.4, -0.2) is 37.7 Å². The number of Topliss-reactive ketones (excluding diaryl/α,β-unsaturated/α-hetero) is 1. The molecule has 0 bridgehead atoms. The van der Waals surface area contributed by atoms with Crippen molar-refractivity contribution in [2.75, 3.05) is 31.7 Å². The lowest BCUT2D eigenvalue weighted by atomic mass is 9.96. The third-order valence-electron chi connectivity index (χ3n) is 3.79. The second-order valence-corrected chi connectivity index (χ2v) is 5.02. The molecular weight excluding hydrogens is 242 g/mol. The van der Waals surface area contributed by atoms with Crippen LogP contribution in [0.15, 0.2) is 18.2 Å². The van der Waals surface area contributed by atoms with Crippen molar-refractivity contribution in [1.29, 1.82) is 0 Å². The number of aliphatic hydroxyl groups is 1. The lowest BCUT2D eigenvalue weighted by Gasteiger charge is -2.34. The number of aliphatic hydroxyl groups excluding tert-OH is 1. The Morgan fingerprint density at radius 3 is 2.63 bits per heavy atom. The second-order valence-electron chi connectivity index (χ2n) is 5.02. The van der Waals surface area contributed by atoms with Gasteiger partial charge >= 0.3 is 0 Å². The molecule has 1 aliphatic rings. The minimum absolute atomic E-state index is 0.0248. The minimum Gasteiger partial charge on any atom is -0.496 e. The van der Waals surface area contributed by atoms with E-state index in [-0.39, 0.29) is 12.4 Å². The zero-order valence-corrected chi connectivity index (χ0v) is 11.6. The molecule has 1 aromatic carbocycles. The quantitative estimate of drug-likeness (QED) is 0.845. The number of nitrogens with zero attached hydrogens (tertiary/aromatic N) is 1. The molecule has 0 aromatic heterocycles. The van der Waals surface area contributed by atoms with Crippen LogP contribution in [0.5, 0.6) is 5.75 Å². The van der Waals surface area contributed by atoms with E-state index >= 15 is 0 Å². The van der Waals surface area contributed by atoms with Gasteiger partial charge < -0.3 is 14.7 Å². The largest absolute Gasteiger partial charge is 0.496 e. The molecular formula is C15H21NO3. The highest BCUT2D eigenvalue weighted by molar-refractivity contribution is 6.02. The van der Waals surface area contributed by atoms with Crippen LogP contribution in [0.1, 0.15) is 30.1 Å². The smallest absolute Gasteiger partial charge is 0.165 e. The topological polar surface area (TPSA) is 49.8 Å². The molecule has 0 amide bonds. The number of rotatable bonds is 4. The number of hydrogen-bond donors (Lipinski definition) is 1. The summed E-state index contributed by atoms with van der Waals surface area (Å²) in [5, 5.41) is 9.18. The number of hydrogen-bond acceptors (Lipinski definition) is 4. The number of carbonyl (C=O) groups excluding carboxylic acids is 1. The fraction of sp³-hybridized carbons (Fsp3) is 0.533. The summed E-state index contributed by atoms with van der Waals surface area (Å²) in [5.74, 6) is 1.05. The molecule has 4 heteroatoms. The predicted molar refractivity (Wildman–Crippen MR) is 75.0 cm³/mol. The molecule has 1 aliphatic heterocycles. The summed E-state index contributed by atoms with van der Waals surface area (Å²) in [7, 11) is 1.59. The van der Waals surface area contributed by atoms with E-state index in [0.717, 1.165) is 31.6 Å². The van der Waals surface area contributed by atoms with Crippen molar-refractivity contribution in [3.63, 3.8) is 0 Å². The summed E-state index contributed by atoms with van der Waals surface area (Å²) in [5.41, 5.74) is 1.61. The van der Waals surface area contributed by atoms with Crippen LogP contribution in [0, 0.1) is 5.92 Å². The molecule has 19 heavy (non-hydrogen) atoms. The Bertz CT molecular complexity index is 451. The monoisotopic (exact) mass is 263 g/mol. The molecule has 0 radical (unpaired) electrons. The van der Waals surface area contributed by atoms with E-state index in [4.69, 9.17) is 4.74 Å². The summed E-state index contributed by atoms with van der Waals surface area (Å²) >= 11 is 0. The second kappa shape index (κ2) is 6.06. The van der Waals surface area contributed by atoms with E-state index in [9.17, 15) is 9.90 Å². The first-order valence-corrected chi connectivity index (χ1v) is 6.71. The van der Waals surface area contributed by atoms with Crippen LogP contribution < -0.4 is 9.64 Å². The van der Waals surface area contributed by atoms with Crippen molar-refractivity contribution >= 4 is 11.5 Å². The average molecular weight is 263 g/mol. The number of carbonyl (C=O) groups is 1. The normalized spacial score (nSPS) is 16.5. The van der Waals surface area contributed by atoms with Gasteiger partial charge in [-0.3, -0.25) is 4.79 Å². The van der Waals surface area contributed by atoms with Gasteiger partial charge in [-0.25, -0.2) is 0 Å². The van der Waals surface area contributed by atoms with Crippen molar-refractivity contribution in [2.24, 2.45) is 5.92 Å². The van der Waals surface area contributed by atoms with E-state index in [1.807, 2.05) is 18.2 Å². The fourth-order valence-electron chi connectivity index (χ4n) is 2.66. The molecule has 4 nitrogen and oxygen atoms in total. The number of benzene rings is 1. The van der Waals surface area contributed by atoms with E-state index < -0.39 is 0 Å². The molecule has 0 unspecified atom stereocenters. The van der Waals surface area contributed by atoms with Crippen molar-refractivity contribution in [3.8, 4) is 5.75 Å². The number of ether oxygens (including phenoxy) is 1. The van der Waals surface area contributed by atoms with Gasteiger partial charge in [0.1, 0.15) is 5.75 Å². The highest BCUT2D eigenvalue weighted by Gasteiger charge is 2.23. The first-order valence-electron chi connectivity index (χ1n) is 6.71. The van der Waals surface area contributed by atoms with Gasteiger partial charge in [0, 0.05) is 19.7 Å². The van der Waals surface area contributed by atoms with E-state index in [1.165, 1.54) is 0 Å². The molecule has 0 spiro atoms. The molecule has 1 aromatic rings. The molecule has 0 saturated carbocycles. The molecule has 1 N–H and O–H groups in total. The zero-order chi connectivity index (χ0) is 13.8. The van der Waals surface area contributed by atoms with E-state index in [1.54, 1.807) is 14.0 Å². The van der Waals surface area contributed by atoms with E-state index in [2.05, 4.69) is 4.90 Å². The fourth-order valence-corrected chi connectivity index (χ4v) is 2.66. The number of methoxy groups -OCH3 is 1. The first kappa shape index (κ1) is 13.9. The average Bonchev–Trinajstić information content (AvgIpc) is 2.46. The van der Waals surface area contributed by atoms with Gasteiger partial charge in [-0.1, -0.05) is 6.07 Å². The number of ketones is 1. The third kappa shape index (κ3) is 2.89. The van der Waals surface area contributed by atoms with Crippen LogP contribution in [0.4, 0.5) is 5.69 Å². The van der Waals surface area contributed by atoms with Crippen LogP contribution in [0.3, 0.4) is 0 Å². The van der Waals surface area contributed by atoms with Crippen LogP contribution in [0.25, 0.3) is 0 Å². The van der Waals surface area contributed by atoms with Gasteiger partial charge in [-0.15, -0.1) is 0 Å². The van der Waals surface area contributed by atoms with Gasteiger partial charge in [0.2, 0.25) is 0 Å². The van der Waals surface area contributed by atoms with Crippen LogP contribution in [0.2, 0.25) is 0 Å². The summed E-state index contributed by atoms with van der Waals surface area (Å²) in [6.45, 7) is 3.57. The van der Waals surface area contributed by atoms with Gasteiger partial charge in [0.15, 0.2) is 5.78 Å². The molecule has 1 heterocycles. The Labute approximate surface area is 114 Å². The number of anilines is 1. The lowest BCUT2D eigenvalue weighted by Crippen LogP contribution is -2.35. The Kier molecular flexibility index (Phi) is 4.43. The summed E-state index contributed by atoms with van der Waals surface area (Å²) in [6, 6.07) is 5.71. The highest BCUT2D eigenvalue weighted by atomic mass is 16.5. The standard InChI is InChI=1S/C15H21NO3/c1-11(18)15-13(4-3-5-14(15)19-2)16-8-6-12(10-17)7-9-16/h3-5,12,17H,6-10H2,1-2H3. The molecule has 0 atom stereocenters. The van der Waals surface area contributed by atoms with Gasteiger partial charge in [0.25, 0.3) is 0 Å². The molecule has 1 saturated heterocycles.